The summed E-state index contributed by atoms with van der Waals surface area (Å²) in [5.41, 5.74) is 15.7. The number of furan rings is 2. The number of hydrogen-bond acceptors (Lipinski definition) is 5. The summed E-state index contributed by atoms with van der Waals surface area (Å²) in [6.45, 7) is 0. The third-order valence-electron chi connectivity index (χ3n) is 13.4. The predicted molar refractivity (Wildman–Crippen MR) is 281 cm³/mol. The highest BCUT2D eigenvalue weighted by molar-refractivity contribution is 6.19. The van der Waals surface area contributed by atoms with Gasteiger partial charge in [-0.25, -0.2) is 15.0 Å². The number of benzene rings is 10. The van der Waals surface area contributed by atoms with Crippen LogP contribution in [0.1, 0.15) is 0 Å². The summed E-state index contributed by atoms with van der Waals surface area (Å²) in [5, 5.41) is 6.57. The molecule has 0 radical (unpaired) electrons. The SMILES string of the molecule is c1ccc(-c2ccc3c(c2)c2ccccc2n3-c2cc(-c3ccc(-c4cccc(-c5nc(-c6ccccc6)nc(-c6ccccc6)n5)c4)c4c3oc3ccccc34)cc3oc4ccccc4c23)cc1. The zero-order valence-electron chi connectivity index (χ0n) is 37.0. The number of aromatic nitrogens is 4. The molecule has 0 spiro atoms. The Kier molecular flexibility index (Phi) is 8.79. The van der Waals surface area contributed by atoms with Crippen molar-refractivity contribution in [1.29, 1.82) is 0 Å². The fraction of sp³-hybridized carbons (Fsp3) is 0. The zero-order valence-corrected chi connectivity index (χ0v) is 37.0. The van der Waals surface area contributed by atoms with Crippen LogP contribution in [0.5, 0.6) is 0 Å². The molecule has 0 atom stereocenters. The van der Waals surface area contributed by atoms with Gasteiger partial charge in [0.15, 0.2) is 17.5 Å². The number of nitrogens with zero attached hydrogens (tertiary/aromatic N) is 4. The molecule has 69 heavy (non-hydrogen) atoms. The van der Waals surface area contributed by atoms with Crippen molar-refractivity contribution < 1.29 is 8.83 Å². The molecule has 14 aromatic rings. The van der Waals surface area contributed by atoms with E-state index in [-0.39, 0.29) is 0 Å². The molecule has 6 heteroatoms. The van der Waals surface area contributed by atoms with Crippen molar-refractivity contribution >= 4 is 65.7 Å². The van der Waals surface area contributed by atoms with Crippen LogP contribution in [0.25, 0.3) is 139 Å². The molecule has 0 fully saturated rings. The predicted octanol–water partition coefficient (Wildman–Crippen LogP) is 16.8. The van der Waals surface area contributed by atoms with Crippen LogP contribution < -0.4 is 0 Å². The summed E-state index contributed by atoms with van der Waals surface area (Å²) in [6.07, 6.45) is 0. The topological polar surface area (TPSA) is 69.9 Å². The maximum Gasteiger partial charge on any atom is 0.164 e. The average Bonchev–Trinajstić information content (AvgIpc) is 4.11. The highest BCUT2D eigenvalue weighted by atomic mass is 16.3. The Morgan fingerprint density at radius 1 is 0.290 bits per heavy atom. The van der Waals surface area contributed by atoms with Crippen molar-refractivity contribution in [1.82, 2.24) is 19.5 Å². The number of para-hydroxylation sites is 3. The Hall–Kier alpha value is -9.39. The summed E-state index contributed by atoms with van der Waals surface area (Å²) in [5.74, 6) is 1.84. The monoisotopic (exact) mass is 882 g/mol. The highest BCUT2D eigenvalue weighted by Crippen LogP contribution is 2.46. The minimum atomic E-state index is 0.600. The Bertz CT molecular complexity index is 4250. The normalized spacial score (nSPS) is 11.8. The minimum Gasteiger partial charge on any atom is -0.456 e. The van der Waals surface area contributed by atoms with E-state index in [9.17, 15) is 0 Å². The Labute approximate surface area is 396 Å². The van der Waals surface area contributed by atoms with E-state index in [4.69, 9.17) is 23.8 Å². The third kappa shape index (κ3) is 6.38. The molecule has 0 aliphatic carbocycles. The lowest BCUT2D eigenvalue weighted by Gasteiger charge is -2.14. The number of fused-ring (bicyclic) bond motifs is 9. The van der Waals surface area contributed by atoms with Crippen molar-refractivity contribution in [2.45, 2.75) is 0 Å². The summed E-state index contributed by atoms with van der Waals surface area (Å²) >= 11 is 0. The second kappa shape index (κ2) is 15.6. The van der Waals surface area contributed by atoms with Crippen LogP contribution in [-0.4, -0.2) is 19.5 Å². The van der Waals surface area contributed by atoms with Crippen LogP contribution in [0.3, 0.4) is 0 Å². The van der Waals surface area contributed by atoms with Crippen LogP contribution in [0.2, 0.25) is 0 Å². The molecule has 322 valence electrons. The van der Waals surface area contributed by atoms with Crippen LogP contribution >= 0.6 is 0 Å². The summed E-state index contributed by atoms with van der Waals surface area (Å²) in [7, 11) is 0. The van der Waals surface area contributed by atoms with Crippen LogP contribution in [0, 0.1) is 0 Å². The van der Waals surface area contributed by atoms with Crippen LogP contribution in [0.15, 0.2) is 239 Å². The smallest absolute Gasteiger partial charge is 0.164 e. The Balaban J connectivity index is 0.977. The minimum absolute atomic E-state index is 0.600. The second-order valence-electron chi connectivity index (χ2n) is 17.5. The van der Waals surface area contributed by atoms with E-state index < -0.39 is 0 Å². The lowest BCUT2D eigenvalue weighted by atomic mass is 9.93. The van der Waals surface area contributed by atoms with Gasteiger partial charge in [0, 0.05) is 49.2 Å². The summed E-state index contributed by atoms with van der Waals surface area (Å²) in [4.78, 5) is 15.1. The lowest BCUT2D eigenvalue weighted by molar-refractivity contribution is 0.668. The van der Waals surface area contributed by atoms with Gasteiger partial charge in [-0.1, -0.05) is 176 Å². The quantitative estimate of drug-likeness (QED) is 0.159. The molecular formula is C63H38N4O2. The molecule has 0 aliphatic heterocycles. The molecule has 0 amide bonds. The van der Waals surface area contributed by atoms with E-state index in [1.807, 2.05) is 72.8 Å². The standard InChI is InChI=1S/C63H38N4O2/c1-4-17-39(18-5-1)42-31-34-53-51(36-42)48-25-10-13-28-52(48)67(53)54-37-45(38-57-59(54)50-27-12-14-29-55(50)68-57)47-33-32-46(58-49-26-11-15-30-56(49)69-60(47)58)43-23-16-24-44(35-43)63-65-61(40-19-6-2-7-20-40)64-62(66-63)41-21-8-3-9-22-41/h1-38H. The van der Waals surface area contributed by atoms with E-state index in [0.29, 0.717) is 17.5 Å². The van der Waals surface area contributed by atoms with Crippen LogP contribution in [-0.2, 0) is 0 Å². The third-order valence-corrected chi connectivity index (χ3v) is 13.4. The molecule has 10 aromatic carbocycles. The fourth-order valence-electron chi connectivity index (χ4n) is 10.3. The Morgan fingerprint density at radius 2 is 0.826 bits per heavy atom. The fourth-order valence-corrected chi connectivity index (χ4v) is 10.3. The van der Waals surface area contributed by atoms with Crippen molar-refractivity contribution in [2.75, 3.05) is 0 Å². The van der Waals surface area contributed by atoms with Crippen molar-refractivity contribution in [2.24, 2.45) is 0 Å². The van der Waals surface area contributed by atoms with Crippen LogP contribution in [0.4, 0.5) is 0 Å². The highest BCUT2D eigenvalue weighted by Gasteiger charge is 2.23. The van der Waals surface area contributed by atoms with E-state index >= 15 is 0 Å². The molecule has 0 aliphatic rings. The van der Waals surface area contributed by atoms with E-state index in [1.54, 1.807) is 0 Å². The average molecular weight is 883 g/mol. The molecule has 0 saturated carbocycles. The first-order valence-electron chi connectivity index (χ1n) is 23.2. The maximum atomic E-state index is 6.97. The maximum absolute atomic E-state index is 6.97. The van der Waals surface area contributed by atoms with Gasteiger partial charge in [0.25, 0.3) is 0 Å². The van der Waals surface area contributed by atoms with Gasteiger partial charge in [-0.05, 0) is 82.4 Å². The molecule has 6 nitrogen and oxygen atoms in total. The van der Waals surface area contributed by atoms with Crippen molar-refractivity contribution in [3.8, 4) is 73.2 Å². The molecule has 14 rings (SSSR count). The van der Waals surface area contributed by atoms with Gasteiger partial charge in [0.1, 0.15) is 22.3 Å². The molecule has 0 N–H and O–H groups in total. The Morgan fingerprint density at radius 3 is 1.54 bits per heavy atom. The number of hydrogen-bond donors (Lipinski definition) is 0. The van der Waals surface area contributed by atoms with E-state index in [2.05, 4.69) is 162 Å². The first-order chi connectivity index (χ1) is 34.2. The van der Waals surface area contributed by atoms with Gasteiger partial charge in [-0.15, -0.1) is 0 Å². The first kappa shape index (κ1) is 38.8. The molecule has 0 bridgehead atoms. The molecule has 0 saturated heterocycles. The number of rotatable bonds is 7. The van der Waals surface area contributed by atoms with Gasteiger partial charge in [-0.2, -0.15) is 0 Å². The van der Waals surface area contributed by atoms with E-state index in [0.717, 1.165) is 99.5 Å². The molecule has 4 heterocycles. The lowest BCUT2D eigenvalue weighted by Crippen LogP contribution is -2.00. The first-order valence-corrected chi connectivity index (χ1v) is 23.2. The van der Waals surface area contributed by atoms with Gasteiger partial charge >= 0.3 is 0 Å². The molecule has 0 unspecified atom stereocenters. The molecular weight excluding hydrogens is 845 g/mol. The van der Waals surface area contributed by atoms with Gasteiger partial charge < -0.3 is 13.4 Å². The van der Waals surface area contributed by atoms with Gasteiger partial charge in [0.05, 0.1) is 22.1 Å². The molecule has 4 aromatic heterocycles. The largest absolute Gasteiger partial charge is 0.456 e. The second-order valence-corrected chi connectivity index (χ2v) is 17.5. The van der Waals surface area contributed by atoms with Gasteiger partial charge in [0.2, 0.25) is 0 Å². The van der Waals surface area contributed by atoms with Crippen molar-refractivity contribution in [3.05, 3.63) is 231 Å². The van der Waals surface area contributed by atoms with Crippen molar-refractivity contribution in [3.63, 3.8) is 0 Å². The summed E-state index contributed by atoms with van der Waals surface area (Å²) < 4.78 is 16.2. The van der Waals surface area contributed by atoms with Gasteiger partial charge in [-0.3, -0.25) is 0 Å². The zero-order chi connectivity index (χ0) is 45.4. The summed E-state index contributed by atoms with van der Waals surface area (Å²) in [6, 6.07) is 80.4. The van der Waals surface area contributed by atoms with E-state index in [1.165, 1.54) is 21.9 Å².